The summed E-state index contributed by atoms with van der Waals surface area (Å²) in [6.07, 6.45) is 3.55. The summed E-state index contributed by atoms with van der Waals surface area (Å²) in [5.74, 6) is 0.479. The highest BCUT2D eigenvalue weighted by Crippen LogP contribution is 2.12. The van der Waals surface area contributed by atoms with Gasteiger partial charge in [0.2, 0.25) is 0 Å². The first kappa shape index (κ1) is 9.97. The number of H-pyrrole nitrogens is 1. The number of nitrogen functional groups attached to an aromatic ring is 1. The quantitative estimate of drug-likeness (QED) is 0.527. The first-order chi connectivity index (χ1) is 7.27. The number of nitrogens with one attached hydrogen (secondary N) is 3. The van der Waals surface area contributed by atoms with Gasteiger partial charge in [0.05, 0.1) is 6.33 Å². The summed E-state index contributed by atoms with van der Waals surface area (Å²) in [6, 6.07) is 0.301. The highest BCUT2D eigenvalue weighted by molar-refractivity contribution is 5.59. The van der Waals surface area contributed by atoms with Crippen LogP contribution in [0.5, 0.6) is 0 Å². The summed E-state index contributed by atoms with van der Waals surface area (Å²) in [4.78, 5) is 17.6. The van der Waals surface area contributed by atoms with Crippen LogP contribution < -0.4 is 21.9 Å². The van der Waals surface area contributed by atoms with Crippen molar-refractivity contribution in [3.05, 3.63) is 16.7 Å². The zero-order valence-electron chi connectivity index (χ0n) is 8.42. The number of hydrogen-bond donors (Lipinski definition) is 4. The molecule has 1 saturated heterocycles. The molecule has 0 saturated carbocycles. The Kier molecular flexibility index (Phi) is 2.86. The Hall–Kier alpha value is -1.56. The molecule has 2 rings (SSSR count). The minimum atomic E-state index is -0.295. The van der Waals surface area contributed by atoms with Crippen molar-refractivity contribution in [2.45, 2.75) is 18.9 Å². The van der Waals surface area contributed by atoms with Crippen LogP contribution >= 0.6 is 0 Å². The molecule has 6 heteroatoms. The Labute approximate surface area is 87.3 Å². The van der Waals surface area contributed by atoms with Gasteiger partial charge in [-0.3, -0.25) is 4.79 Å². The topological polar surface area (TPSA) is 95.8 Å². The molecule has 1 aliphatic rings. The third kappa shape index (κ3) is 2.27. The lowest BCUT2D eigenvalue weighted by Gasteiger charge is -2.24. The van der Waals surface area contributed by atoms with E-state index in [2.05, 4.69) is 20.6 Å². The van der Waals surface area contributed by atoms with Crippen molar-refractivity contribution in [1.82, 2.24) is 15.3 Å². The Morgan fingerprint density at radius 1 is 1.60 bits per heavy atom. The number of piperidine rings is 1. The molecule has 15 heavy (non-hydrogen) atoms. The third-order valence-corrected chi connectivity index (χ3v) is 2.53. The van der Waals surface area contributed by atoms with Gasteiger partial charge in [-0.05, 0) is 19.4 Å². The van der Waals surface area contributed by atoms with E-state index in [1.807, 2.05) is 0 Å². The van der Waals surface area contributed by atoms with Gasteiger partial charge in [0.25, 0.3) is 5.56 Å². The van der Waals surface area contributed by atoms with Crippen molar-refractivity contribution in [2.75, 3.05) is 24.1 Å². The van der Waals surface area contributed by atoms with Crippen LogP contribution in [-0.2, 0) is 0 Å². The molecule has 1 aromatic heterocycles. The van der Waals surface area contributed by atoms with E-state index in [0.29, 0.717) is 11.9 Å². The first-order valence-electron chi connectivity index (χ1n) is 5.08. The maximum Gasteiger partial charge on any atom is 0.276 e. The lowest BCUT2D eigenvalue weighted by Crippen LogP contribution is -2.39. The summed E-state index contributed by atoms with van der Waals surface area (Å²) in [5.41, 5.74) is 5.47. The molecule has 1 aliphatic heterocycles. The predicted octanol–water partition coefficient (Wildman–Crippen LogP) is -0.484. The van der Waals surface area contributed by atoms with E-state index in [-0.39, 0.29) is 11.2 Å². The van der Waals surface area contributed by atoms with Crippen LogP contribution in [0.4, 0.5) is 11.5 Å². The maximum atomic E-state index is 11.2. The van der Waals surface area contributed by atoms with Crippen LogP contribution in [0.25, 0.3) is 0 Å². The second kappa shape index (κ2) is 4.31. The minimum Gasteiger partial charge on any atom is -0.391 e. The minimum absolute atomic E-state index is 0.156. The summed E-state index contributed by atoms with van der Waals surface area (Å²) < 4.78 is 0. The number of hydrogen-bond acceptors (Lipinski definition) is 5. The molecule has 0 aromatic carbocycles. The van der Waals surface area contributed by atoms with Gasteiger partial charge in [-0.25, -0.2) is 4.98 Å². The highest BCUT2D eigenvalue weighted by Gasteiger charge is 2.14. The normalized spacial score (nSPS) is 21.2. The van der Waals surface area contributed by atoms with E-state index < -0.39 is 0 Å². The number of rotatable bonds is 2. The second-order valence-corrected chi connectivity index (χ2v) is 3.68. The molecule has 1 unspecified atom stereocenters. The van der Waals surface area contributed by atoms with Crippen molar-refractivity contribution in [2.24, 2.45) is 0 Å². The maximum absolute atomic E-state index is 11.2. The molecule has 6 nitrogen and oxygen atoms in total. The summed E-state index contributed by atoms with van der Waals surface area (Å²) in [7, 11) is 0. The SMILES string of the molecule is Nc1c(NC2CCCNC2)nc[nH]c1=O. The van der Waals surface area contributed by atoms with Crippen LogP contribution in [0.15, 0.2) is 11.1 Å². The van der Waals surface area contributed by atoms with E-state index in [0.717, 1.165) is 25.9 Å². The zero-order valence-corrected chi connectivity index (χ0v) is 8.42. The zero-order chi connectivity index (χ0) is 10.7. The van der Waals surface area contributed by atoms with Crippen LogP contribution in [0, 0.1) is 0 Å². The summed E-state index contributed by atoms with van der Waals surface area (Å²) in [6.45, 7) is 1.93. The number of aromatic amines is 1. The van der Waals surface area contributed by atoms with Crippen molar-refractivity contribution in [3.63, 3.8) is 0 Å². The Bertz CT molecular complexity index is 382. The monoisotopic (exact) mass is 209 g/mol. The average Bonchev–Trinajstić information content (AvgIpc) is 2.26. The number of nitrogens with two attached hydrogens (primary N) is 1. The van der Waals surface area contributed by atoms with E-state index in [4.69, 9.17) is 5.73 Å². The van der Waals surface area contributed by atoms with Crippen LogP contribution in [-0.4, -0.2) is 29.1 Å². The van der Waals surface area contributed by atoms with Crippen molar-refractivity contribution in [3.8, 4) is 0 Å². The van der Waals surface area contributed by atoms with Gasteiger partial charge < -0.3 is 21.4 Å². The van der Waals surface area contributed by atoms with Crippen LogP contribution in [0.2, 0.25) is 0 Å². The number of anilines is 2. The van der Waals surface area contributed by atoms with Gasteiger partial charge in [-0.1, -0.05) is 0 Å². The fourth-order valence-electron chi connectivity index (χ4n) is 1.69. The Morgan fingerprint density at radius 2 is 2.47 bits per heavy atom. The largest absolute Gasteiger partial charge is 0.391 e. The van der Waals surface area contributed by atoms with E-state index in [1.54, 1.807) is 0 Å². The van der Waals surface area contributed by atoms with Gasteiger partial charge in [0.15, 0.2) is 5.82 Å². The summed E-state index contributed by atoms with van der Waals surface area (Å²) in [5, 5.41) is 6.44. The van der Waals surface area contributed by atoms with Gasteiger partial charge in [0.1, 0.15) is 5.69 Å². The molecule has 1 aromatic rings. The summed E-state index contributed by atoms with van der Waals surface area (Å²) >= 11 is 0. The number of nitrogens with zero attached hydrogens (tertiary/aromatic N) is 1. The Morgan fingerprint density at radius 3 is 3.20 bits per heavy atom. The molecule has 0 radical (unpaired) electrons. The molecule has 2 heterocycles. The lowest BCUT2D eigenvalue weighted by molar-refractivity contribution is 0.479. The lowest BCUT2D eigenvalue weighted by atomic mass is 10.1. The molecule has 0 aliphatic carbocycles. The van der Waals surface area contributed by atoms with Gasteiger partial charge >= 0.3 is 0 Å². The standard InChI is InChI=1S/C9H15N5O/c10-7-8(12-5-13-9(7)15)14-6-2-1-3-11-4-6/h5-6,11H,1-4,10H2,(H2,12,13,14,15). The molecular weight excluding hydrogens is 194 g/mol. The molecule has 1 atom stereocenters. The van der Waals surface area contributed by atoms with Gasteiger partial charge in [0, 0.05) is 12.6 Å². The molecule has 0 bridgehead atoms. The molecule has 5 N–H and O–H groups in total. The highest BCUT2D eigenvalue weighted by atomic mass is 16.1. The van der Waals surface area contributed by atoms with Crippen LogP contribution in [0.1, 0.15) is 12.8 Å². The first-order valence-corrected chi connectivity index (χ1v) is 5.08. The van der Waals surface area contributed by atoms with Crippen molar-refractivity contribution < 1.29 is 0 Å². The molecule has 0 spiro atoms. The third-order valence-electron chi connectivity index (χ3n) is 2.53. The fraction of sp³-hybridized carbons (Fsp3) is 0.556. The van der Waals surface area contributed by atoms with E-state index >= 15 is 0 Å². The van der Waals surface area contributed by atoms with Gasteiger partial charge in [-0.2, -0.15) is 0 Å². The predicted molar refractivity (Wildman–Crippen MR) is 58.8 cm³/mol. The number of aromatic nitrogens is 2. The average molecular weight is 209 g/mol. The molecular formula is C9H15N5O. The molecule has 0 amide bonds. The Balaban J connectivity index is 2.09. The van der Waals surface area contributed by atoms with Crippen LogP contribution in [0.3, 0.4) is 0 Å². The molecule has 1 fully saturated rings. The van der Waals surface area contributed by atoms with Crippen molar-refractivity contribution in [1.29, 1.82) is 0 Å². The smallest absolute Gasteiger partial charge is 0.276 e. The van der Waals surface area contributed by atoms with E-state index in [1.165, 1.54) is 6.33 Å². The van der Waals surface area contributed by atoms with E-state index in [9.17, 15) is 4.79 Å². The van der Waals surface area contributed by atoms with Gasteiger partial charge in [-0.15, -0.1) is 0 Å². The van der Waals surface area contributed by atoms with Crippen molar-refractivity contribution >= 4 is 11.5 Å². The fourth-order valence-corrected chi connectivity index (χ4v) is 1.69. The second-order valence-electron chi connectivity index (χ2n) is 3.68. The molecule has 82 valence electrons.